The predicted molar refractivity (Wildman–Crippen MR) is 284 cm³/mol. The Morgan fingerprint density at radius 3 is 0.864 bits per heavy atom. The van der Waals surface area contributed by atoms with Crippen LogP contribution in [0, 0.1) is 11.8 Å². The van der Waals surface area contributed by atoms with Crippen LogP contribution in [-0.2, 0) is 28.6 Å². The van der Waals surface area contributed by atoms with Crippen molar-refractivity contribution in [1.82, 2.24) is 0 Å². The molecular weight excluding hydrogens is 817 g/mol. The van der Waals surface area contributed by atoms with Crippen molar-refractivity contribution in [3.05, 3.63) is 0 Å². The van der Waals surface area contributed by atoms with E-state index < -0.39 is 6.10 Å². The Morgan fingerprint density at radius 1 is 0.318 bits per heavy atom. The molecule has 0 aromatic heterocycles. The maximum Gasteiger partial charge on any atom is 0.306 e. The third-order valence-corrected chi connectivity index (χ3v) is 14.1. The average Bonchev–Trinajstić information content (AvgIpc) is 3.30. The molecular formula is C60H116O6. The molecule has 0 rings (SSSR count). The molecule has 0 spiro atoms. The van der Waals surface area contributed by atoms with Gasteiger partial charge in [-0.25, -0.2) is 0 Å². The van der Waals surface area contributed by atoms with Crippen molar-refractivity contribution in [2.75, 3.05) is 13.2 Å². The van der Waals surface area contributed by atoms with Gasteiger partial charge in [0.25, 0.3) is 0 Å². The Balaban J connectivity index is 4.29. The van der Waals surface area contributed by atoms with Crippen molar-refractivity contribution < 1.29 is 28.6 Å². The molecule has 0 heterocycles. The Morgan fingerprint density at radius 2 is 0.576 bits per heavy atom. The fourth-order valence-corrected chi connectivity index (χ4v) is 9.20. The molecule has 0 saturated heterocycles. The van der Waals surface area contributed by atoms with Gasteiger partial charge in [-0.2, -0.15) is 0 Å². The van der Waals surface area contributed by atoms with Crippen LogP contribution in [0.15, 0.2) is 0 Å². The van der Waals surface area contributed by atoms with E-state index in [1.54, 1.807) is 0 Å². The average molecular weight is 934 g/mol. The fourth-order valence-electron chi connectivity index (χ4n) is 9.20. The molecule has 0 fully saturated rings. The SMILES string of the molecule is CCCCCCCCCCCCCCCCCCCC(=O)OC[C@@H](COC(=O)CCCCCCCCCCCCCCCCC(C)C)OC(=O)CCCCCCCCCCCCC(C)CC. The highest BCUT2D eigenvalue weighted by molar-refractivity contribution is 5.71. The highest BCUT2D eigenvalue weighted by atomic mass is 16.6. The molecule has 0 saturated carbocycles. The van der Waals surface area contributed by atoms with Gasteiger partial charge < -0.3 is 14.2 Å². The van der Waals surface area contributed by atoms with Gasteiger partial charge in [-0.1, -0.05) is 298 Å². The van der Waals surface area contributed by atoms with E-state index in [-0.39, 0.29) is 31.1 Å². The Kier molecular flexibility index (Phi) is 51.5. The summed E-state index contributed by atoms with van der Waals surface area (Å²) in [6, 6.07) is 0. The topological polar surface area (TPSA) is 78.9 Å². The molecule has 1 unspecified atom stereocenters. The molecule has 66 heavy (non-hydrogen) atoms. The number of hydrogen-bond acceptors (Lipinski definition) is 6. The maximum absolute atomic E-state index is 12.9. The molecule has 0 bridgehead atoms. The van der Waals surface area contributed by atoms with Crippen LogP contribution < -0.4 is 0 Å². The maximum atomic E-state index is 12.9. The number of esters is 3. The number of unbranched alkanes of at least 4 members (excludes halogenated alkanes) is 38. The summed E-state index contributed by atoms with van der Waals surface area (Å²) in [4.78, 5) is 38.2. The standard InChI is InChI=1S/C60H116O6/c1-6-8-9-10-11-12-13-14-15-16-17-21-24-30-35-40-45-50-58(61)64-53-57(66-60(63)52-47-42-37-32-27-26-29-34-39-44-49-56(5)7-2)54-65-59(62)51-46-41-36-31-25-22-19-18-20-23-28-33-38-43-48-55(3)4/h55-57H,6-54H2,1-5H3/t56?,57-/m0/s1. The third kappa shape index (κ3) is 51.8. The molecule has 0 N–H and O–H groups in total. The largest absolute Gasteiger partial charge is 0.462 e. The lowest BCUT2D eigenvalue weighted by Crippen LogP contribution is -2.30. The highest BCUT2D eigenvalue weighted by Gasteiger charge is 2.19. The molecule has 0 radical (unpaired) electrons. The first kappa shape index (κ1) is 64.4. The summed E-state index contributed by atoms with van der Waals surface area (Å²) in [5.41, 5.74) is 0. The fraction of sp³-hybridized carbons (Fsp3) is 0.950. The summed E-state index contributed by atoms with van der Waals surface area (Å²) in [5.74, 6) is 0.874. The van der Waals surface area contributed by atoms with E-state index in [4.69, 9.17) is 14.2 Å². The van der Waals surface area contributed by atoms with Gasteiger partial charge in [-0.05, 0) is 31.1 Å². The van der Waals surface area contributed by atoms with Crippen LogP contribution in [0.2, 0.25) is 0 Å². The van der Waals surface area contributed by atoms with Crippen molar-refractivity contribution in [1.29, 1.82) is 0 Å². The number of ether oxygens (including phenoxy) is 3. The summed E-state index contributed by atoms with van der Waals surface area (Å²) in [6.45, 7) is 11.4. The van der Waals surface area contributed by atoms with Crippen LogP contribution in [0.4, 0.5) is 0 Å². The van der Waals surface area contributed by atoms with E-state index in [2.05, 4.69) is 34.6 Å². The van der Waals surface area contributed by atoms with Crippen LogP contribution in [0.25, 0.3) is 0 Å². The zero-order chi connectivity index (χ0) is 48.2. The van der Waals surface area contributed by atoms with Gasteiger partial charge in [-0.3, -0.25) is 14.4 Å². The quantitative estimate of drug-likeness (QED) is 0.0343. The molecule has 6 nitrogen and oxygen atoms in total. The second-order valence-electron chi connectivity index (χ2n) is 21.4. The van der Waals surface area contributed by atoms with E-state index in [1.807, 2.05) is 0 Å². The number of hydrogen-bond donors (Lipinski definition) is 0. The highest BCUT2D eigenvalue weighted by Crippen LogP contribution is 2.19. The molecule has 0 aliphatic heterocycles. The summed E-state index contributed by atoms with van der Waals surface area (Å²) in [6.07, 6.45) is 56.6. The van der Waals surface area contributed by atoms with Crippen LogP contribution in [0.5, 0.6) is 0 Å². The summed E-state index contributed by atoms with van der Waals surface area (Å²) < 4.78 is 16.9. The molecule has 0 aromatic rings. The lowest BCUT2D eigenvalue weighted by atomic mass is 9.99. The minimum absolute atomic E-state index is 0.0626. The summed E-state index contributed by atoms with van der Waals surface area (Å²) >= 11 is 0. The Bertz CT molecular complexity index is 1010. The Hall–Kier alpha value is -1.59. The van der Waals surface area contributed by atoms with Crippen LogP contribution >= 0.6 is 0 Å². The molecule has 0 aliphatic carbocycles. The first-order valence-electron chi connectivity index (χ1n) is 29.8. The zero-order valence-corrected chi connectivity index (χ0v) is 45.3. The van der Waals surface area contributed by atoms with Gasteiger partial charge in [-0.15, -0.1) is 0 Å². The number of carbonyl (C=O) groups is 3. The summed E-state index contributed by atoms with van der Waals surface area (Å²) in [7, 11) is 0. The van der Waals surface area contributed by atoms with E-state index >= 15 is 0 Å². The van der Waals surface area contributed by atoms with Crippen molar-refractivity contribution in [3.63, 3.8) is 0 Å². The number of carbonyl (C=O) groups excluding carboxylic acids is 3. The monoisotopic (exact) mass is 933 g/mol. The van der Waals surface area contributed by atoms with E-state index in [9.17, 15) is 14.4 Å². The molecule has 392 valence electrons. The Labute approximate surface area is 412 Å². The van der Waals surface area contributed by atoms with Crippen LogP contribution in [0.3, 0.4) is 0 Å². The van der Waals surface area contributed by atoms with Crippen molar-refractivity contribution in [3.8, 4) is 0 Å². The normalized spacial score (nSPS) is 12.5. The molecule has 6 heteroatoms. The molecule has 2 atom stereocenters. The molecule has 0 aromatic carbocycles. The number of rotatable bonds is 54. The van der Waals surface area contributed by atoms with Crippen molar-refractivity contribution in [2.24, 2.45) is 11.8 Å². The van der Waals surface area contributed by atoms with E-state index in [0.29, 0.717) is 19.3 Å². The second kappa shape index (κ2) is 52.8. The van der Waals surface area contributed by atoms with Crippen molar-refractivity contribution in [2.45, 2.75) is 343 Å². The summed E-state index contributed by atoms with van der Waals surface area (Å²) in [5, 5.41) is 0. The first-order chi connectivity index (χ1) is 32.3. The molecule has 0 aliphatic rings. The second-order valence-corrected chi connectivity index (χ2v) is 21.4. The smallest absolute Gasteiger partial charge is 0.306 e. The van der Waals surface area contributed by atoms with Crippen LogP contribution in [-0.4, -0.2) is 37.2 Å². The van der Waals surface area contributed by atoms with Gasteiger partial charge in [0.05, 0.1) is 0 Å². The lowest BCUT2D eigenvalue weighted by Gasteiger charge is -2.18. The van der Waals surface area contributed by atoms with Gasteiger partial charge >= 0.3 is 17.9 Å². The minimum atomic E-state index is -0.763. The van der Waals surface area contributed by atoms with Gasteiger partial charge in [0.15, 0.2) is 6.10 Å². The zero-order valence-electron chi connectivity index (χ0n) is 45.3. The van der Waals surface area contributed by atoms with Crippen molar-refractivity contribution >= 4 is 17.9 Å². The van der Waals surface area contributed by atoms with E-state index in [1.165, 1.54) is 225 Å². The van der Waals surface area contributed by atoms with Gasteiger partial charge in [0.2, 0.25) is 0 Å². The lowest BCUT2D eigenvalue weighted by molar-refractivity contribution is -0.167. The van der Waals surface area contributed by atoms with E-state index in [0.717, 1.165) is 69.6 Å². The minimum Gasteiger partial charge on any atom is -0.462 e. The predicted octanol–water partition coefficient (Wildman–Crippen LogP) is 19.7. The third-order valence-electron chi connectivity index (χ3n) is 14.1. The molecule has 0 amide bonds. The van der Waals surface area contributed by atoms with Gasteiger partial charge in [0, 0.05) is 19.3 Å². The first-order valence-corrected chi connectivity index (χ1v) is 29.8. The van der Waals surface area contributed by atoms with Crippen LogP contribution in [0.1, 0.15) is 336 Å². The van der Waals surface area contributed by atoms with Gasteiger partial charge in [0.1, 0.15) is 13.2 Å².